The van der Waals surface area contributed by atoms with Gasteiger partial charge in [-0.25, -0.2) is 9.59 Å². The van der Waals surface area contributed by atoms with Crippen molar-refractivity contribution in [1.29, 1.82) is 0 Å². The highest BCUT2D eigenvalue weighted by atomic mass is 32.2. The number of aromatic hydroxyl groups is 2. The van der Waals surface area contributed by atoms with Crippen molar-refractivity contribution >= 4 is 32.1 Å². The average molecular weight is 599 g/mol. The van der Waals surface area contributed by atoms with Crippen LogP contribution in [0.15, 0.2) is 120 Å². The second-order valence-corrected chi connectivity index (χ2v) is 11.1. The Kier molecular flexibility index (Phi) is 6.87. The number of rotatable bonds is 7. The maximum absolute atomic E-state index is 13.3. The van der Waals surface area contributed by atoms with E-state index in [0.717, 1.165) is 0 Å². The highest BCUT2D eigenvalue weighted by molar-refractivity contribution is 7.87. The number of para-hydroxylation sites is 2. The minimum atomic E-state index is -4.22. The van der Waals surface area contributed by atoms with Crippen LogP contribution in [-0.2, 0) is 10.1 Å². The number of benzene rings is 4. The first-order chi connectivity index (χ1) is 20.7. The van der Waals surface area contributed by atoms with Crippen molar-refractivity contribution in [3.05, 3.63) is 135 Å². The van der Waals surface area contributed by atoms with Gasteiger partial charge in [-0.05, 0) is 66.2 Å². The molecule has 2 N–H and O–H groups in total. The second-order valence-electron chi connectivity index (χ2n) is 9.51. The van der Waals surface area contributed by atoms with E-state index < -0.39 is 38.8 Å². The van der Waals surface area contributed by atoms with Gasteiger partial charge >= 0.3 is 21.4 Å². The maximum atomic E-state index is 13.3. The molecular formula is C32H22O10S. The van der Waals surface area contributed by atoms with Gasteiger partial charge in [0.05, 0.1) is 34.9 Å². The third kappa shape index (κ3) is 4.95. The third-order valence-corrected chi connectivity index (χ3v) is 8.25. The van der Waals surface area contributed by atoms with Crippen LogP contribution in [-0.4, -0.2) is 25.7 Å². The van der Waals surface area contributed by atoms with Crippen LogP contribution in [0.2, 0.25) is 0 Å². The monoisotopic (exact) mass is 598 g/mol. The lowest BCUT2D eigenvalue weighted by atomic mass is 9.84. The Labute approximate surface area is 243 Å². The summed E-state index contributed by atoms with van der Waals surface area (Å²) in [6.07, 6.45) is 0. The highest BCUT2D eigenvalue weighted by Crippen LogP contribution is 2.42. The van der Waals surface area contributed by atoms with Gasteiger partial charge in [0.2, 0.25) is 0 Å². The van der Waals surface area contributed by atoms with Crippen molar-refractivity contribution in [2.45, 2.75) is 10.8 Å². The summed E-state index contributed by atoms with van der Waals surface area (Å²) in [4.78, 5) is 26.6. The SMILES string of the molecule is COc1ccc(S(=O)(=O)Oc2ccc(C(c3c(O)c4ccccc4oc3=O)c3c(O)c4ccccc4oc3=O)cc2)cc1. The molecule has 2 heterocycles. The molecule has 0 aliphatic rings. The van der Waals surface area contributed by atoms with Crippen LogP contribution in [0.5, 0.6) is 23.0 Å². The molecule has 0 spiro atoms. The van der Waals surface area contributed by atoms with Gasteiger partial charge in [-0.2, -0.15) is 8.42 Å². The first-order valence-corrected chi connectivity index (χ1v) is 14.3. The largest absolute Gasteiger partial charge is 0.507 e. The average Bonchev–Trinajstić information content (AvgIpc) is 3.00. The lowest BCUT2D eigenvalue weighted by Gasteiger charge is -2.20. The molecule has 2 aromatic heterocycles. The van der Waals surface area contributed by atoms with E-state index in [0.29, 0.717) is 5.75 Å². The Morgan fingerprint density at radius 1 is 0.651 bits per heavy atom. The topological polar surface area (TPSA) is 153 Å². The van der Waals surface area contributed by atoms with Gasteiger partial charge in [0, 0.05) is 0 Å². The maximum Gasteiger partial charge on any atom is 0.344 e. The molecular weight excluding hydrogens is 576 g/mol. The van der Waals surface area contributed by atoms with E-state index in [9.17, 15) is 28.2 Å². The molecule has 216 valence electrons. The summed E-state index contributed by atoms with van der Waals surface area (Å²) >= 11 is 0. The Bertz CT molecular complexity index is 2120. The number of fused-ring (bicyclic) bond motifs is 2. The molecule has 43 heavy (non-hydrogen) atoms. The molecule has 0 atom stereocenters. The van der Waals surface area contributed by atoms with E-state index in [2.05, 4.69) is 0 Å². The fourth-order valence-electron chi connectivity index (χ4n) is 4.92. The predicted octanol–water partition coefficient (Wildman–Crippen LogP) is 5.27. The van der Waals surface area contributed by atoms with E-state index >= 15 is 0 Å². The quantitative estimate of drug-likeness (QED) is 0.184. The fourth-order valence-corrected chi connectivity index (χ4v) is 5.85. The minimum absolute atomic E-state index is 0.0668. The molecule has 6 aromatic rings. The zero-order valence-electron chi connectivity index (χ0n) is 22.4. The lowest BCUT2D eigenvalue weighted by molar-refractivity contribution is 0.414. The summed E-state index contributed by atoms with van der Waals surface area (Å²) in [6.45, 7) is 0. The summed E-state index contributed by atoms with van der Waals surface area (Å²) < 4.78 is 47.0. The van der Waals surface area contributed by atoms with Crippen LogP contribution in [0.1, 0.15) is 22.6 Å². The van der Waals surface area contributed by atoms with E-state index in [1.54, 1.807) is 24.3 Å². The van der Waals surface area contributed by atoms with E-state index in [1.165, 1.54) is 79.9 Å². The van der Waals surface area contributed by atoms with Crippen molar-refractivity contribution in [3.63, 3.8) is 0 Å². The number of ether oxygens (including phenoxy) is 1. The van der Waals surface area contributed by atoms with Crippen molar-refractivity contribution in [2.24, 2.45) is 0 Å². The van der Waals surface area contributed by atoms with E-state index in [-0.39, 0.29) is 49.3 Å². The Morgan fingerprint density at radius 3 is 1.60 bits per heavy atom. The normalized spacial score (nSPS) is 11.7. The van der Waals surface area contributed by atoms with Crippen LogP contribution in [0.4, 0.5) is 0 Å². The predicted molar refractivity (Wildman–Crippen MR) is 156 cm³/mol. The van der Waals surface area contributed by atoms with Crippen LogP contribution in [0.25, 0.3) is 21.9 Å². The van der Waals surface area contributed by atoms with Crippen molar-refractivity contribution in [1.82, 2.24) is 0 Å². The van der Waals surface area contributed by atoms with Crippen LogP contribution in [0.3, 0.4) is 0 Å². The fraction of sp³-hybridized carbons (Fsp3) is 0.0625. The lowest BCUT2D eigenvalue weighted by Crippen LogP contribution is -2.21. The molecule has 0 fully saturated rings. The first-order valence-electron chi connectivity index (χ1n) is 12.9. The van der Waals surface area contributed by atoms with Gasteiger partial charge in [0.1, 0.15) is 39.1 Å². The molecule has 11 heteroatoms. The van der Waals surface area contributed by atoms with E-state index in [1.807, 2.05) is 0 Å². The Balaban J connectivity index is 1.50. The molecule has 0 saturated heterocycles. The van der Waals surface area contributed by atoms with Crippen molar-refractivity contribution in [2.75, 3.05) is 7.11 Å². The third-order valence-electron chi connectivity index (χ3n) is 6.98. The Morgan fingerprint density at radius 2 is 1.12 bits per heavy atom. The molecule has 0 aliphatic carbocycles. The Hall–Kier alpha value is -5.55. The molecule has 0 saturated carbocycles. The second kappa shape index (κ2) is 10.7. The van der Waals surface area contributed by atoms with Crippen LogP contribution in [0, 0.1) is 0 Å². The summed E-state index contributed by atoms with van der Waals surface area (Å²) in [7, 11) is -2.76. The summed E-state index contributed by atoms with van der Waals surface area (Å²) in [5.74, 6) is -1.88. The van der Waals surface area contributed by atoms with Crippen LogP contribution < -0.4 is 20.2 Å². The molecule has 0 radical (unpaired) electrons. The van der Waals surface area contributed by atoms with Gasteiger partial charge in [0.15, 0.2) is 0 Å². The van der Waals surface area contributed by atoms with Gasteiger partial charge in [-0.3, -0.25) is 0 Å². The highest BCUT2D eigenvalue weighted by Gasteiger charge is 2.32. The molecule has 4 aromatic carbocycles. The molecule has 10 nitrogen and oxygen atoms in total. The number of hydrogen-bond acceptors (Lipinski definition) is 10. The van der Waals surface area contributed by atoms with Gasteiger partial charge < -0.3 is 28.0 Å². The van der Waals surface area contributed by atoms with Crippen molar-refractivity contribution in [3.8, 4) is 23.0 Å². The van der Waals surface area contributed by atoms with Crippen LogP contribution >= 0.6 is 0 Å². The van der Waals surface area contributed by atoms with Gasteiger partial charge in [-0.15, -0.1) is 0 Å². The van der Waals surface area contributed by atoms with Gasteiger partial charge in [-0.1, -0.05) is 36.4 Å². The summed E-state index contributed by atoms with van der Waals surface area (Å²) in [6, 6.07) is 23.7. The van der Waals surface area contributed by atoms with E-state index in [4.69, 9.17) is 17.8 Å². The zero-order valence-corrected chi connectivity index (χ0v) is 23.2. The number of hydrogen-bond donors (Lipinski definition) is 2. The smallest absolute Gasteiger partial charge is 0.344 e. The first kappa shape index (κ1) is 27.6. The molecule has 6 rings (SSSR count). The molecule has 0 unspecified atom stereocenters. The standard InChI is InChI=1S/C32H22O10S/c1-39-19-14-16-21(17-15-19)43(37,38)42-20-12-10-18(11-13-20)26(27-29(33)22-6-2-4-8-24(22)40-31(27)35)28-30(34)23-7-3-5-9-25(23)41-32(28)36/h2-17,26,33-34H,1H3. The number of methoxy groups -OCH3 is 1. The summed E-state index contributed by atoms with van der Waals surface area (Å²) in [5, 5.41) is 23.0. The molecule has 0 aliphatic heterocycles. The minimum Gasteiger partial charge on any atom is -0.507 e. The zero-order chi connectivity index (χ0) is 30.3. The van der Waals surface area contributed by atoms with Gasteiger partial charge in [0.25, 0.3) is 0 Å². The van der Waals surface area contributed by atoms with Crippen molar-refractivity contribution < 1.29 is 36.4 Å². The molecule has 0 bridgehead atoms. The molecule has 0 amide bonds. The summed E-state index contributed by atoms with van der Waals surface area (Å²) in [5.41, 5.74) is -2.08.